The summed E-state index contributed by atoms with van der Waals surface area (Å²) in [7, 11) is 0. The Morgan fingerprint density at radius 2 is 2.00 bits per heavy atom. The Morgan fingerprint density at radius 1 is 1.09 bits per heavy atom. The van der Waals surface area contributed by atoms with Crippen LogP contribution < -0.4 is 5.32 Å². The fraction of sp³-hybridized carbons (Fsp3) is 0.235. The monoisotopic (exact) mass is 291 g/mol. The first-order valence-corrected chi connectivity index (χ1v) is 7.54. The van der Waals surface area contributed by atoms with Crippen molar-refractivity contribution in [3.63, 3.8) is 0 Å². The van der Waals surface area contributed by atoms with E-state index in [4.69, 9.17) is 0 Å². The van der Waals surface area contributed by atoms with Gasteiger partial charge in [-0.25, -0.2) is 9.97 Å². The third-order valence-electron chi connectivity index (χ3n) is 3.96. The number of fused-ring (bicyclic) bond motifs is 1. The largest absolute Gasteiger partial charge is 0.337 e. The van der Waals surface area contributed by atoms with Gasteiger partial charge in [-0.3, -0.25) is 4.68 Å². The molecule has 0 amide bonds. The zero-order valence-electron chi connectivity index (χ0n) is 12.2. The molecular weight excluding hydrogens is 274 g/mol. The van der Waals surface area contributed by atoms with Gasteiger partial charge in [0.1, 0.15) is 12.1 Å². The van der Waals surface area contributed by atoms with E-state index in [0.29, 0.717) is 0 Å². The van der Waals surface area contributed by atoms with Gasteiger partial charge >= 0.3 is 0 Å². The minimum absolute atomic E-state index is 0.768. The first-order valence-electron chi connectivity index (χ1n) is 7.54. The highest BCUT2D eigenvalue weighted by atomic mass is 15.3. The first kappa shape index (κ1) is 13.0. The molecule has 1 N–H and O–H groups in total. The predicted molar refractivity (Wildman–Crippen MR) is 85.1 cm³/mol. The average molecular weight is 291 g/mol. The Balaban J connectivity index is 1.52. The molecule has 110 valence electrons. The predicted octanol–water partition coefficient (Wildman–Crippen LogP) is 2.95. The molecule has 3 aromatic rings. The van der Waals surface area contributed by atoms with Gasteiger partial charge < -0.3 is 5.32 Å². The minimum Gasteiger partial charge on any atom is -0.337 e. The Labute approximate surface area is 129 Å². The quantitative estimate of drug-likeness (QED) is 0.803. The lowest BCUT2D eigenvalue weighted by Gasteiger charge is -2.07. The van der Waals surface area contributed by atoms with E-state index in [-0.39, 0.29) is 0 Å². The summed E-state index contributed by atoms with van der Waals surface area (Å²) in [6.45, 7) is 0.768. The van der Waals surface area contributed by atoms with E-state index in [1.165, 1.54) is 16.8 Å². The molecule has 0 fully saturated rings. The summed E-state index contributed by atoms with van der Waals surface area (Å²) in [6, 6.07) is 10.3. The molecule has 0 unspecified atom stereocenters. The van der Waals surface area contributed by atoms with E-state index in [2.05, 4.69) is 32.5 Å². The summed E-state index contributed by atoms with van der Waals surface area (Å²) in [5.41, 5.74) is 4.62. The van der Waals surface area contributed by atoms with Crippen LogP contribution in [-0.2, 0) is 19.4 Å². The van der Waals surface area contributed by atoms with E-state index in [1.54, 1.807) is 6.33 Å². The van der Waals surface area contributed by atoms with E-state index in [9.17, 15) is 0 Å². The Hall–Kier alpha value is -2.69. The number of anilines is 2. The van der Waals surface area contributed by atoms with Gasteiger partial charge in [0.25, 0.3) is 0 Å². The van der Waals surface area contributed by atoms with Crippen LogP contribution in [0.4, 0.5) is 11.5 Å². The molecule has 22 heavy (non-hydrogen) atoms. The molecule has 2 aromatic heterocycles. The molecular formula is C17H17N5. The molecule has 0 spiro atoms. The molecule has 0 atom stereocenters. The second-order valence-electron chi connectivity index (χ2n) is 5.54. The normalized spacial score (nSPS) is 13.1. The van der Waals surface area contributed by atoms with Crippen molar-refractivity contribution in [3.05, 3.63) is 65.9 Å². The Kier molecular flexibility index (Phi) is 3.31. The van der Waals surface area contributed by atoms with Gasteiger partial charge in [0.15, 0.2) is 0 Å². The molecule has 1 aliphatic carbocycles. The van der Waals surface area contributed by atoms with Crippen molar-refractivity contribution in [1.82, 2.24) is 19.7 Å². The molecule has 1 aromatic carbocycles. The van der Waals surface area contributed by atoms with E-state index >= 15 is 0 Å². The highest BCUT2D eigenvalue weighted by molar-refractivity contribution is 5.59. The van der Waals surface area contributed by atoms with Crippen molar-refractivity contribution in [1.29, 1.82) is 0 Å². The Morgan fingerprint density at radius 3 is 2.91 bits per heavy atom. The van der Waals surface area contributed by atoms with E-state index < -0.39 is 0 Å². The molecule has 0 bridgehead atoms. The zero-order chi connectivity index (χ0) is 14.8. The molecule has 5 heteroatoms. The van der Waals surface area contributed by atoms with Crippen molar-refractivity contribution in [2.75, 3.05) is 5.32 Å². The van der Waals surface area contributed by atoms with Gasteiger partial charge in [-0.1, -0.05) is 30.3 Å². The van der Waals surface area contributed by atoms with E-state index in [1.807, 2.05) is 35.3 Å². The summed E-state index contributed by atoms with van der Waals surface area (Å²) < 4.78 is 1.93. The second-order valence-corrected chi connectivity index (χ2v) is 5.54. The van der Waals surface area contributed by atoms with Crippen LogP contribution in [0.5, 0.6) is 0 Å². The standard InChI is InChI=1S/C17H17N5/c1-2-5-13(6-3-1)10-22-11-14(9-20-22)21-17-15-7-4-8-16(15)18-12-19-17/h1-3,5-6,9,11-12H,4,7-8,10H2,(H,18,19,21). The highest BCUT2D eigenvalue weighted by Crippen LogP contribution is 2.27. The van der Waals surface area contributed by atoms with Crippen molar-refractivity contribution < 1.29 is 0 Å². The number of aryl methyl sites for hydroxylation is 1. The number of nitrogens with one attached hydrogen (secondary N) is 1. The van der Waals surface area contributed by atoms with Crippen LogP contribution in [0.15, 0.2) is 49.1 Å². The molecule has 0 saturated heterocycles. The van der Waals surface area contributed by atoms with Gasteiger partial charge in [0, 0.05) is 17.5 Å². The molecule has 4 rings (SSSR count). The number of aromatic nitrogens is 4. The highest BCUT2D eigenvalue weighted by Gasteiger charge is 2.17. The summed E-state index contributed by atoms with van der Waals surface area (Å²) >= 11 is 0. The third-order valence-corrected chi connectivity index (χ3v) is 3.96. The van der Waals surface area contributed by atoms with Crippen LogP contribution in [0.3, 0.4) is 0 Å². The molecule has 1 aliphatic rings. The maximum absolute atomic E-state index is 4.41. The average Bonchev–Trinajstić information content (AvgIpc) is 3.18. The summed E-state index contributed by atoms with van der Waals surface area (Å²) in [6.07, 6.45) is 8.76. The molecule has 0 saturated carbocycles. The molecule has 0 aliphatic heterocycles. The van der Waals surface area contributed by atoms with Gasteiger partial charge in [-0.15, -0.1) is 0 Å². The number of nitrogens with zero attached hydrogens (tertiary/aromatic N) is 4. The van der Waals surface area contributed by atoms with E-state index in [0.717, 1.165) is 37.3 Å². The summed E-state index contributed by atoms with van der Waals surface area (Å²) in [5, 5.41) is 7.79. The van der Waals surface area contributed by atoms with Crippen molar-refractivity contribution in [3.8, 4) is 0 Å². The fourth-order valence-corrected chi connectivity index (χ4v) is 2.89. The number of rotatable bonds is 4. The maximum atomic E-state index is 4.41. The van der Waals surface area contributed by atoms with Crippen molar-refractivity contribution in [2.45, 2.75) is 25.8 Å². The van der Waals surface area contributed by atoms with Gasteiger partial charge in [0.2, 0.25) is 0 Å². The van der Waals surface area contributed by atoms with Crippen LogP contribution >= 0.6 is 0 Å². The Bertz CT molecular complexity index is 779. The van der Waals surface area contributed by atoms with Crippen molar-refractivity contribution >= 4 is 11.5 Å². The molecule has 2 heterocycles. The third kappa shape index (κ3) is 2.57. The molecule has 5 nitrogen and oxygen atoms in total. The molecule has 0 radical (unpaired) electrons. The lowest BCUT2D eigenvalue weighted by molar-refractivity contribution is 0.687. The lowest BCUT2D eigenvalue weighted by Crippen LogP contribution is -2.01. The minimum atomic E-state index is 0.768. The SMILES string of the molecule is c1ccc(Cn2cc(Nc3ncnc4c3CCC4)cn2)cc1. The van der Waals surface area contributed by atoms with Crippen LogP contribution in [-0.4, -0.2) is 19.7 Å². The number of hydrogen-bond acceptors (Lipinski definition) is 4. The van der Waals surface area contributed by atoms with Crippen LogP contribution in [0, 0.1) is 0 Å². The van der Waals surface area contributed by atoms with Crippen LogP contribution in [0.1, 0.15) is 23.2 Å². The number of hydrogen-bond donors (Lipinski definition) is 1. The lowest BCUT2D eigenvalue weighted by atomic mass is 10.2. The smallest absolute Gasteiger partial charge is 0.137 e. The summed E-state index contributed by atoms with van der Waals surface area (Å²) in [4.78, 5) is 8.73. The topological polar surface area (TPSA) is 55.6 Å². The maximum Gasteiger partial charge on any atom is 0.137 e. The van der Waals surface area contributed by atoms with Crippen LogP contribution in [0.2, 0.25) is 0 Å². The van der Waals surface area contributed by atoms with Gasteiger partial charge in [-0.05, 0) is 24.8 Å². The first-order chi connectivity index (χ1) is 10.9. The summed E-state index contributed by atoms with van der Waals surface area (Å²) in [5.74, 6) is 0.918. The fourth-order valence-electron chi connectivity index (χ4n) is 2.89. The number of benzene rings is 1. The van der Waals surface area contributed by atoms with Crippen LogP contribution in [0.25, 0.3) is 0 Å². The second kappa shape index (κ2) is 5.60. The van der Waals surface area contributed by atoms with Crippen molar-refractivity contribution in [2.24, 2.45) is 0 Å². The zero-order valence-corrected chi connectivity index (χ0v) is 12.2. The van der Waals surface area contributed by atoms with Gasteiger partial charge in [-0.2, -0.15) is 5.10 Å². The van der Waals surface area contributed by atoms with Gasteiger partial charge in [0.05, 0.1) is 18.4 Å².